The summed E-state index contributed by atoms with van der Waals surface area (Å²) in [6.45, 7) is 3.46. The second kappa shape index (κ2) is 7.70. The number of aryl methyl sites for hydroxylation is 1. The third-order valence-corrected chi connectivity index (χ3v) is 6.25. The minimum absolute atomic E-state index is 0.0515. The Bertz CT molecular complexity index is 703. The number of Topliss-reactive ketones (excluding diaryl/α,β-unsaturated/α-hetero) is 1. The topological polar surface area (TPSA) is 63.6 Å². The molecule has 0 aromatic heterocycles. The van der Waals surface area contributed by atoms with Crippen LogP contribution in [-0.2, 0) is 26.2 Å². The molecule has 1 aromatic rings. The van der Waals surface area contributed by atoms with Gasteiger partial charge in [-0.2, -0.15) is 0 Å². The van der Waals surface area contributed by atoms with E-state index in [0.717, 1.165) is 31.2 Å². The third-order valence-electron chi connectivity index (χ3n) is 6.25. The zero-order valence-corrected chi connectivity index (χ0v) is 16.2. The second-order valence-electron chi connectivity index (χ2n) is 8.77. The van der Waals surface area contributed by atoms with Crippen molar-refractivity contribution < 1.29 is 23.8 Å². The van der Waals surface area contributed by atoms with Gasteiger partial charge < -0.3 is 9.84 Å². The van der Waals surface area contributed by atoms with Gasteiger partial charge in [-0.15, -0.1) is 0 Å². The average molecular weight is 376 g/mol. The number of hydrogen-bond acceptors (Lipinski definition) is 4. The summed E-state index contributed by atoms with van der Waals surface area (Å²) in [5, 5.41) is 9.47. The normalized spacial score (nSPS) is 24.3. The molecule has 27 heavy (non-hydrogen) atoms. The first-order chi connectivity index (χ1) is 12.8. The van der Waals surface area contributed by atoms with Gasteiger partial charge in [0.15, 0.2) is 0 Å². The fourth-order valence-corrected chi connectivity index (χ4v) is 4.58. The van der Waals surface area contributed by atoms with Crippen molar-refractivity contribution in [2.45, 2.75) is 76.2 Å². The van der Waals surface area contributed by atoms with Crippen LogP contribution in [0.25, 0.3) is 0 Å². The molecule has 0 amide bonds. The lowest BCUT2D eigenvalue weighted by Gasteiger charge is -2.41. The van der Waals surface area contributed by atoms with Gasteiger partial charge >= 0.3 is 5.97 Å². The molecule has 148 valence electrons. The van der Waals surface area contributed by atoms with Crippen LogP contribution in [0.2, 0.25) is 0 Å². The first-order valence-corrected chi connectivity index (χ1v) is 9.89. The summed E-state index contributed by atoms with van der Waals surface area (Å²) in [4.78, 5) is 24.1. The molecule has 2 aliphatic rings. The molecule has 1 aliphatic carbocycles. The van der Waals surface area contributed by atoms with E-state index in [1.54, 1.807) is 19.9 Å². The van der Waals surface area contributed by atoms with Crippen molar-refractivity contribution in [1.29, 1.82) is 0 Å². The molecule has 1 saturated heterocycles. The molecular weight excluding hydrogens is 347 g/mol. The third kappa shape index (κ3) is 4.23. The Balaban J connectivity index is 1.79. The van der Waals surface area contributed by atoms with Gasteiger partial charge in [0.25, 0.3) is 0 Å². The predicted molar refractivity (Wildman–Crippen MR) is 99.9 cm³/mol. The second-order valence-corrected chi connectivity index (χ2v) is 8.77. The van der Waals surface area contributed by atoms with Crippen LogP contribution in [0.3, 0.4) is 0 Å². The highest BCUT2D eigenvalue weighted by Gasteiger charge is 2.47. The van der Waals surface area contributed by atoms with Gasteiger partial charge in [0.05, 0.1) is 6.61 Å². The van der Waals surface area contributed by atoms with Gasteiger partial charge in [-0.3, -0.25) is 9.59 Å². The standard InChI is InChI=1S/C22H29FO4/c1-21(2,14-24)18-8-7-15(11-19(18)23)9-10-22(16-5-3-4-6-16)13-17(25)12-20(26)27-22/h7-8,11,16,24H,3-6,9-10,12-14H2,1-2H3. The Morgan fingerprint density at radius 3 is 2.56 bits per heavy atom. The summed E-state index contributed by atoms with van der Waals surface area (Å²) in [6, 6.07) is 5.09. The van der Waals surface area contributed by atoms with E-state index in [1.807, 2.05) is 6.07 Å². The summed E-state index contributed by atoms with van der Waals surface area (Å²) in [7, 11) is 0. The molecule has 2 fully saturated rings. The van der Waals surface area contributed by atoms with Crippen molar-refractivity contribution in [1.82, 2.24) is 0 Å². The molecule has 0 radical (unpaired) electrons. The van der Waals surface area contributed by atoms with Gasteiger partial charge in [0.1, 0.15) is 23.6 Å². The molecule has 1 heterocycles. The van der Waals surface area contributed by atoms with Gasteiger partial charge in [0, 0.05) is 11.8 Å². The van der Waals surface area contributed by atoms with Gasteiger partial charge in [-0.25, -0.2) is 4.39 Å². The molecular formula is C22H29FO4. The number of halogens is 1. The van der Waals surface area contributed by atoms with E-state index in [4.69, 9.17) is 4.74 Å². The maximum atomic E-state index is 14.6. The molecule has 5 heteroatoms. The number of hydrogen-bond donors (Lipinski definition) is 1. The van der Waals surface area contributed by atoms with E-state index in [-0.39, 0.29) is 37.0 Å². The van der Waals surface area contributed by atoms with Crippen molar-refractivity contribution in [2.24, 2.45) is 5.92 Å². The van der Waals surface area contributed by atoms with Crippen LogP contribution in [0.1, 0.15) is 69.9 Å². The van der Waals surface area contributed by atoms with Crippen molar-refractivity contribution in [3.63, 3.8) is 0 Å². The van der Waals surface area contributed by atoms with E-state index in [2.05, 4.69) is 0 Å². The maximum Gasteiger partial charge on any atom is 0.313 e. The van der Waals surface area contributed by atoms with Gasteiger partial charge in [0.2, 0.25) is 0 Å². The Kier molecular flexibility index (Phi) is 5.71. The van der Waals surface area contributed by atoms with Crippen molar-refractivity contribution in [2.75, 3.05) is 6.61 Å². The number of carbonyl (C=O) groups is 2. The predicted octanol–water partition coefficient (Wildman–Crippen LogP) is 3.86. The Morgan fingerprint density at radius 1 is 1.26 bits per heavy atom. The van der Waals surface area contributed by atoms with Crippen LogP contribution >= 0.6 is 0 Å². The SMILES string of the molecule is CC(C)(CO)c1ccc(CCC2(C3CCCC3)CC(=O)CC(=O)O2)cc1F. The number of carbonyl (C=O) groups excluding carboxylic acids is 2. The maximum absolute atomic E-state index is 14.6. The van der Waals surface area contributed by atoms with E-state index < -0.39 is 17.0 Å². The number of ether oxygens (including phenoxy) is 1. The number of esters is 1. The highest BCUT2D eigenvalue weighted by molar-refractivity contribution is 5.98. The van der Waals surface area contributed by atoms with E-state index >= 15 is 0 Å². The number of aliphatic hydroxyl groups excluding tert-OH is 1. The van der Waals surface area contributed by atoms with Gasteiger partial charge in [-0.1, -0.05) is 38.8 Å². The number of ketones is 1. The summed E-state index contributed by atoms with van der Waals surface area (Å²) < 4.78 is 20.4. The van der Waals surface area contributed by atoms with E-state index in [1.165, 1.54) is 6.07 Å². The molecule has 3 rings (SSSR count). The zero-order chi connectivity index (χ0) is 19.7. The van der Waals surface area contributed by atoms with E-state index in [0.29, 0.717) is 18.4 Å². The van der Waals surface area contributed by atoms with Crippen LogP contribution < -0.4 is 0 Å². The molecule has 1 N–H and O–H groups in total. The van der Waals surface area contributed by atoms with Crippen molar-refractivity contribution >= 4 is 11.8 Å². The molecule has 1 atom stereocenters. The highest BCUT2D eigenvalue weighted by atomic mass is 19.1. The fraction of sp³-hybridized carbons (Fsp3) is 0.636. The fourth-order valence-electron chi connectivity index (χ4n) is 4.58. The molecule has 1 unspecified atom stereocenters. The van der Waals surface area contributed by atoms with Crippen molar-refractivity contribution in [3.8, 4) is 0 Å². The minimum Gasteiger partial charge on any atom is -0.458 e. The van der Waals surface area contributed by atoms with Crippen molar-refractivity contribution in [3.05, 3.63) is 35.1 Å². The Hall–Kier alpha value is -1.75. The molecule has 4 nitrogen and oxygen atoms in total. The number of rotatable bonds is 6. The van der Waals surface area contributed by atoms with Crippen LogP contribution in [0.5, 0.6) is 0 Å². The summed E-state index contributed by atoms with van der Waals surface area (Å²) in [5.74, 6) is -0.602. The van der Waals surface area contributed by atoms with Crippen LogP contribution in [-0.4, -0.2) is 29.1 Å². The van der Waals surface area contributed by atoms with Gasteiger partial charge in [-0.05, 0) is 48.8 Å². The summed E-state index contributed by atoms with van der Waals surface area (Å²) in [5.41, 5.74) is -0.0727. The lowest BCUT2D eigenvalue weighted by molar-refractivity contribution is -0.178. The molecule has 0 spiro atoms. The average Bonchev–Trinajstić information content (AvgIpc) is 3.14. The first-order valence-electron chi connectivity index (χ1n) is 9.89. The first kappa shape index (κ1) is 20.0. The number of benzene rings is 1. The highest BCUT2D eigenvalue weighted by Crippen LogP contribution is 2.44. The monoisotopic (exact) mass is 376 g/mol. The van der Waals surface area contributed by atoms with Crippen LogP contribution in [0.15, 0.2) is 18.2 Å². The quantitative estimate of drug-likeness (QED) is 0.605. The zero-order valence-electron chi connectivity index (χ0n) is 16.2. The minimum atomic E-state index is -0.734. The molecule has 1 aliphatic heterocycles. The summed E-state index contributed by atoms with van der Waals surface area (Å²) >= 11 is 0. The molecule has 1 saturated carbocycles. The lowest BCUT2D eigenvalue weighted by Crippen LogP contribution is -2.48. The van der Waals surface area contributed by atoms with E-state index in [9.17, 15) is 19.1 Å². The molecule has 0 bridgehead atoms. The number of aliphatic hydroxyl groups is 1. The molecule has 1 aromatic carbocycles. The lowest BCUT2D eigenvalue weighted by atomic mass is 9.76. The Morgan fingerprint density at radius 2 is 1.96 bits per heavy atom. The Labute approximate surface area is 160 Å². The van der Waals surface area contributed by atoms with Crippen LogP contribution in [0.4, 0.5) is 4.39 Å². The van der Waals surface area contributed by atoms with Crippen LogP contribution in [0, 0.1) is 11.7 Å². The summed E-state index contributed by atoms with van der Waals surface area (Å²) in [6.07, 6.45) is 5.37. The number of cyclic esters (lactones) is 1. The smallest absolute Gasteiger partial charge is 0.313 e. The largest absolute Gasteiger partial charge is 0.458 e.